The number of hydrogen-bond acceptors (Lipinski definition) is 7. The van der Waals surface area contributed by atoms with E-state index in [0.29, 0.717) is 44.1 Å². The molecule has 6 nitrogen and oxygen atoms in total. The van der Waals surface area contributed by atoms with Gasteiger partial charge in [0.1, 0.15) is 5.82 Å². The van der Waals surface area contributed by atoms with Gasteiger partial charge in [0.15, 0.2) is 5.78 Å². The molecule has 1 aromatic heterocycles. The first kappa shape index (κ1) is 18.2. The molecule has 3 heterocycles. The van der Waals surface area contributed by atoms with E-state index in [2.05, 4.69) is 24.9 Å². The Morgan fingerprint density at radius 2 is 2.07 bits per heavy atom. The third-order valence-electron chi connectivity index (χ3n) is 5.50. The fourth-order valence-electron chi connectivity index (χ4n) is 4.34. The molecule has 1 unspecified atom stereocenters. The van der Waals surface area contributed by atoms with Crippen molar-refractivity contribution in [1.82, 2.24) is 10.0 Å². The van der Waals surface area contributed by atoms with E-state index in [1.807, 2.05) is 21.8 Å². The molecule has 1 fully saturated rings. The van der Waals surface area contributed by atoms with E-state index in [-0.39, 0.29) is 17.1 Å². The van der Waals surface area contributed by atoms with Crippen LogP contribution in [0, 0.1) is 16.7 Å². The molecule has 1 aliphatic carbocycles. The summed E-state index contributed by atoms with van der Waals surface area (Å²) in [6.07, 6.45) is 1.24. The molecule has 0 amide bonds. The highest BCUT2D eigenvalue weighted by Crippen LogP contribution is 2.49. The van der Waals surface area contributed by atoms with Crippen LogP contribution in [0.1, 0.15) is 38.2 Å². The van der Waals surface area contributed by atoms with Gasteiger partial charge in [-0.2, -0.15) is 16.6 Å². The Balaban J connectivity index is 1.91. The summed E-state index contributed by atoms with van der Waals surface area (Å²) in [6, 6.07) is 4.30. The largest absolute Gasteiger partial charge is 0.383 e. The number of allylic oxidation sites excluding steroid dienone is 3. The van der Waals surface area contributed by atoms with Crippen molar-refractivity contribution in [2.24, 2.45) is 11.1 Å². The topological polar surface area (TPSA) is 82.6 Å². The number of ether oxygens (including phenoxy) is 1. The number of hydrazine groups is 1. The maximum absolute atomic E-state index is 13.2. The average molecular weight is 385 g/mol. The molecule has 2 N–H and O–H groups in total. The zero-order valence-electron chi connectivity index (χ0n) is 15.7. The van der Waals surface area contributed by atoms with Crippen LogP contribution < -0.4 is 5.73 Å². The molecular formula is C20H24N4O2S. The van der Waals surface area contributed by atoms with Gasteiger partial charge < -0.3 is 10.5 Å². The second-order valence-corrected chi connectivity index (χ2v) is 8.86. The van der Waals surface area contributed by atoms with Crippen molar-refractivity contribution in [1.29, 1.82) is 5.26 Å². The molecule has 2 aliphatic heterocycles. The lowest BCUT2D eigenvalue weighted by atomic mass is 9.69. The van der Waals surface area contributed by atoms with E-state index in [1.54, 1.807) is 11.3 Å². The normalized spacial score (nSPS) is 26.2. The Hall–Kier alpha value is -2.14. The van der Waals surface area contributed by atoms with Crippen molar-refractivity contribution in [3.05, 3.63) is 45.1 Å². The lowest BCUT2D eigenvalue weighted by Gasteiger charge is -2.48. The molecule has 1 atom stereocenters. The summed E-state index contributed by atoms with van der Waals surface area (Å²) in [5.41, 5.74) is 9.55. The van der Waals surface area contributed by atoms with E-state index < -0.39 is 0 Å². The summed E-state index contributed by atoms with van der Waals surface area (Å²) in [6.45, 7) is 6.83. The molecule has 27 heavy (non-hydrogen) atoms. The van der Waals surface area contributed by atoms with Crippen LogP contribution in [0.25, 0.3) is 0 Å². The Bertz CT molecular complexity index is 857. The number of nitrogens with zero attached hydrogens (tertiary/aromatic N) is 3. The number of nitriles is 1. The number of carbonyl (C=O) groups is 1. The zero-order valence-corrected chi connectivity index (χ0v) is 16.5. The van der Waals surface area contributed by atoms with Crippen molar-refractivity contribution in [2.75, 3.05) is 26.3 Å². The van der Waals surface area contributed by atoms with Gasteiger partial charge in [-0.3, -0.25) is 9.80 Å². The first-order valence-electron chi connectivity index (χ1n) is 9.24. The summed E-state index contributed by atoms with van der Waals surface area (Å²) >= 11 is 1.57. The molecule has 0 spiro atoms. The van der Waals surface area contributed by atoms with Crippen LogP contribution in [0.4, 0.5) is 0 Å². The number of carbonyl (C=O) groups excluding carboxylic acids is 1. The summed E-state index contributed by atoms with van der Waals surface area (Å²) in [5, 5.41) is 18.0. The molecule has 4 rings (SSSR count). The van der Waals surface area contributed by atoms with Crippen LogP contribution >= 0.6 is 11.3 Å². The van der Waals surface area contributed by atoms with Gasteiger partial charge in [-0.1, -0.05) is 13.8 Å². The fourth-order valence-corrected chi connectivity index (χ4v) is 5.03. The number of hydrogen-bond donors (Lipinski definition) is 1. The van der Waals surface area contributed by atoms with Crippen molar-refractivity contribution < 1.29 is 9.53 Å². The third kappa shape index (κ3) is 3.08. The molecular weight excluding hydrogens is 360 g/mol. The minimum Gasteiger partial charge on any atom is -0.383 e. The number of nitrogens with two attached hydrogens (primary N) is 1. The van der Waals surface area contributed by atoms with Gasteiger partial charge >= 0.3 is 0 Å². The van der Waals surface area contributed by atoms with Gasteiger partial charge in [-0.15, -0.1) is 0 Å². The minimum absolute atomic E-state index is 0.121. The second kappa shape index (κ2) is 6.79. The highest BCUT2D eigenvalue weighted by atomic mass is 32.1. The molecule has 0 aromatic carbocycles. The molecule has 1 saturated heterocycles. The summed E-state index contributed by atoms with van der Waals surface area (Å²) in [4.78, 5) is 13.2. The van der Waals surface area contributed by atoms with Crippen molar-refractivity contribution in [2.45, 2.75) is 32.6 Å². The summed E-state index contributed by atoms with van der Waals surface area (Å²) in [5.74, 6) is 0.202. The predicted molar refractivity (Wildman–Crippen MR) is 103 cm³/mol. The maximum Gasteiger partial charge on any atom is 0.162 e. The Morgan fingerprint density at radius 3 is 2.70 bits per heavy atom. The molecule has 1 aromatic rings. The SMILES string of the molecule is CC1(C)CC(=O)C2=C(C1)N(N1CCOCC1)C(N)=C(C#N)C2c1ccsc1. The Morgan fingerprint density at radius 1 is 1.33 bits per heavy atom. The van der Waals surface area contributed by atoms with Crippen LogP contribution in [0.3, 0.4) is 0 Å². The molecule has 0 radical (unpaired) electrons. The molecule has 0 saturated carbocycles. The van der Waals surface area contributed by atoms with Gasteiger partial charge in [0.2, 0.25) is 0 Å². The fraction of sp³-hybridized carbons (Fsp3) is 0.500. The molecule has 142 valence electrons. The maximum atomic E-state index is 13.2. The summed E-state index contributed by atoms with van der Waals surface area (Å²) < 4.78 is 5.49. The van der Waals surface area contributed by atoms with Crippen LogP contribution in [-0.4, -0.2) is 42.1 Å². The van der Waals surface area contributed by atoms with Gasteiger partial charge in [0.05, 0.1) is 30.8 Å². The van der Waals surface area contributed by atoms with E-state index in [0.717, 1.165) is 23.3 Å². The first-order chi connectivity index (χ1) is 12.9. The Labute approximate surface area is 163 Å². The number of rotatable bonds is 2. The van der Waals surface area contributed by atoms with Gasteiger partial charge in [-0.25, -0.2) is 5.01 Å². The zero-order chi connectivity index (χ0) is 19.2. The second-order valence-electron chi connectivity index (χ2n) is 8.08. The predicted octanol–water partition coefficient (Wildman–Crippen LogP) is 2.73. The standard InChI is InChI=1S/C20H24N4O2S/c1-20(2)9-15-18(16(25)10-20)17(13-3-8-27-12-13)14(11-21)19(22)24(15)23-4-6-26-7-5-23/h3,8,12,17H,4-7,9-10,22H2,1-2H3. The smallest absolute Gasteiger partial charge is 0.162 e. The average Bonchev–Trinajstić information content (AvgIpc) is 3.14. The van der Waals surface area contributed by atoms with Crippen LogP contribution in [0.15, 0.2) is 39.5 Å². The monoisotopic (exact) mass is 384 g/mol. The van der Waals surface area contributed by atoms with Gasteiger partial charge in [0, 0.05) is 30.8 Å². The van der Waals surface area contributed by atoms with E-state index in [1.165, 1.54) is 0 Å². The van der Waals surface area contributed by atoms with Crippen LogP contribution in [-0.2, 0) is 9.53 Å². The van der Waals surface area contributed by atoms with E-state index in [4.69, 9.17) is 10.5 Å². The quantitative estimate of drug-likeness (QED) is 0.844. The highest BCUT2D eigenvalue weighted by molar-refractivity contribution is 7.08. The first-order valence-corrected chi connectivity index (χ1v) is 10.2. The lowest BCUT2D eigenvalue weighted by molar-refractivity contribution is -0.119. The van der Waals surface area contributed by atoms with Crippen molar-refractivity contribution in [3.8, 4) is 6.07 Å². The molecule has 0 bridgehead atoms. The van der Waals surface area contributed by atoms with Gasteiger partial charge in [0.25, 0.3) is 0 Å². The number of Topliss-reactive ketones (excluding diaryl/α,β-unsaturated/α-hetero) is 1. The number of ketones is 1. The summed E-state index contributed by atoms with van der Waals surface area (Å²) in [7, 11) is 0. The third-order valence-corrected chi connectivity index (χ3v) is 6.20. The van der Waals surface area contributed by atoms with Gasteiger partial charge in [-0.05, 0) is 34.2 Å². The molecule has 3 aliphatic rings. The van der Waals surface area contributed by atoms with Crippen molar-refractivity contribution in [3.63, 3.8) is 0 Å². The Kier molecular flexibility index (Phi) is 4.58. The van der Waals surface area contributed by atoms with Crippen LogP contribution in [0.5, 0.6) is 0 Å². The number of morpholine rings is 1. The van der Waals surface area contributed by atoms with E-state index >= 15 is 0 Å². The lowest BCUT2D eigenvalue weighted by Crippen LogP contribution is -2.53. The van der Waals surface area contributed by atoms with Crippen molar-refractivity contribution >= 4 is 17.1 Å². The minimum atomic E-state index is -0.364. The van der Waals surface area contributed by atoms with E-state index in [9.17, 15) is 10.1 Å². The number of thiophene rings is 1. The van der Waals surface area contributed by atoms with Crippen LogP contribution in [0.2, 0.25) is 0 Å². The molecule has 7 heteroatoms. The highest BCUT2D eigenvalue weighted by Gasteiger charge is 2.45.